The minimum absolute atomic E-state index is 0.293. The monoisotopic (exact) mass is 356 g/mol. The van der Waals surface area contributed by atoms with E-state index in [1.165, 1.54) is 44.9 Å². The van der Waals surface area contributed by atoms with E-state index < -0.39 is 0 Å². The van der Waals surface area contributed by atoms with Gasteiger partial charge in [-0.05, 0) is 23.3 Å². The summed E-state index contributed by atoms with van der Waals surface area (Å²) in [5, 5.41) is 1.90. The Labute approximate surface area is 157 Å². The van der Waals surface area contributed by atoms with Crippen molar-refractivity contribution in [1.82, 2.24) is 0 Å². The summed E-state index contributed by atoms with van der Waals surface area (Å²) in [5.74, 6) is 0.277. The molecule has 0 saturated carbocycles. The number of rotatable bonds is 12. The van der Waals surface area contributed by atoms with Crippen LogP contribution < -0.4 is 4.74 Å². The van der Waals surface area contributed by atoms with Gasteiger partial charge in [0.25, 0.3) is 0 Å². The van der Waals surface area contributed by atoms with Crippen molar-refractivity contribution in [3.05, 3.63) is 42.0 Å². The molecule has 0 heterocycles. The smallest absolute Gasteiger partial charge is 0.342 e. The van der Waals surface area contributed by atoms with Gasteiger partial charge in [-0.15, -0.1) is 0 Å². The van der Waals surface area contributed by atoms with Crippen LogP contribution in [0, 0.1) is 0 Å². The van der Waals surface area contributed by atoms with E-state index in [-0.39, 0.29) is 5.97 Å². The number of benzene rings is 2. The van der Waals surface area contributed by atoms with E-state index in [1.807, 2.05) is 36.4 Å². The number of fused-ring (bicyclic) bond motifs is 1. The zero-order valence-electron chi connectivity index (χ0n) is 16.3. The van der Waals surface area contributed by atoms with Crippen molar-refractivity contribution in [1.29, 1.82) is 0 Å². The molecule has 0 spiro atoms. The van der Waals surface area contributed by atoms with E-state index in [0.717, 1.165) is 23.6 Å². The van der Waals surface area contributed by atoms with E-state index >= 15 is 0 Å². The Balaban J connectivity index is 1.76. The van der Waals surface area contributed by atoms with Crippen LogP contribution in [0.4, 0.5) is 0 Å². The number of ether oxygens (including phenoxy) is 2. The lowest BCUT2D eigenvalue weighted by atomic mass is 10.0. The van der Waals surface area contributed by atoms with E-state index in [1.54, 1.807) is 7.11 Å². The predicted molar refractivity (Wildman–Crippen MR) is 108 cm³/mol. The number of esters is 1. The third kappa shape index (κ3) is 6.05. The quantitative estimate of drug-likeness (QED) is 0.320. The molecule has 3 heteroatoms. The topological polar surface area (TPSA) is 35.5 Å². The number of carbonyl (C=O) groups is 1. The molecular formula is C23H32O3. The Hall–Kier alpha value is -2.03. The third-order valence-corrected chi connectivity index (χ3v) is 4.80. The maximum Gasteiger partial charge on any atom is 0.342 e. The van der Waals surface area contributed by atoms with Crippen LogP contribution in [0.25, 0.3) is 10.8 Å². The molecule has 0 aliphatic rings. The molecule has 0 N–H and O–H groups in total. The first-order valence-electron chi connectivity index (χ1n) is 10.0. The fraction of sp³-hybridized carbons (Fsp3) is 0.522. The molecule has 0 bridgehead atoms. The van der Waals surface area contributed by atoms with Crippen LogP contribution >= 0.6 is 0 Å². The molecule has 0 amide bonds. The molecule has 142 valence electrons. The van der Waals surface area contributed by atoms with Gasteiger partial charge >= 0.3 is 5.97 Å². The zero-order valence-corrected chi connectivity index (χ0v) is 16.3. The number of hydrogen-bond donors (Lipinski definition) is 0. The molecule has 0 unspecified atom stereocenters. The maximum absolute atomic E-state index is 12.6. The summed E-state index contributed by atoms with van der Waals surface area (Å²) >= 11 is 0. The van der Waals surface area contributed by atoms with Crippen molar-refractivity contribution in [2.24, 2.45) is 0 Å². The van der Waals surface area contributed by atoms with Crippen molar-refractivity contribution < 1.29 is 14.3 Å². The van der Waals surface area contributed by atoms with E-state index in [0.29, 0.717) is 17.9 Å². The molecule has 0 aliphatic heterocycles. The average molecular weight is 357 g/mol. The Bertz CT molecular complexity index is 678. The highest BCUT2D eigenvalue weighted by Crippen LogP contribution is 2.28. The first kappa shape index (κ1) is 20.3. The van der Waals surface area contributed by atoms with E-state index in [4.69, 9.17) is 9.47 Å². The van der Waals surface area contributed by atoms with Crippen LogP contribution in [0.15, 0.2) is 36.4 Å². The van der Waals surface area contributed by atoms with Gasteiger partial charge in [0.15, 0.2) is 0 Å². The molecule has 0 atom stereocenters. The van der Waals surface area contributed by atoms with Crippen LogP contribution in [0.2, 0.25) is 0 Å². The number of hydrogen-bond acceptors (Lipinski definition) is 3. The Morgan fingerprint density at radius 2 is 1.50 bits per heavy atom. The highest BCUT2D eigenvalue weighted by molar-refractivity contribution is 6.07. The second-order valence-corrected chi connectivity index (χ2v) is 6.83. The van der Waals surface area contributed by atoms with Crippen molar-refractivity contribution in [2.75, 3.05) is 13.7 Å². The molecule has 0 saturated heterocycles. The van der Waals surface area contributed by atoms with Gasteiger partial charge in [-0.2, -0.15) is 0 Å². The minimum atomic E-state index is -0.293. The van der Waals surface area contributed by atoms with Crippen molar-refractivity contribution >= 4 is 16.7 Å². The van der Waals surface area contributed by atoms with Crippen molar-refractivity contribution in [3.63, 3.8) is 0 Å². The van der Waals surface area contributed by atoms with E-state index in [2.05, 4.69) is 6.92 Å². The van der Waals surface area contributed by atoms with Crippen LogP contribution in [0.5, 0.6) is 5.75 Å². The second-order valence-electron chi connectivity index (χ2n) is 6.83. The van der Waals surface area contributed by atoms with Crippen LogP contribution in [0.3, 0.4) is 0 Å². The van der Waals surface area contributed by atoms with E-state index in [9.17, 15) is 4.79 Å². The highest BCUT2D eigenvalue weighted by atomic mass is 16.5. The summed E-state index contributed by atoms with van der Waals surface area (Å²) in [6.07, 6.45) is 11.2. The van der Waals surface area contributed by atoms with Gasteiger partial charge in [-0.25, -0.2) is 4.79 Å². The van der Waals surface area contributed by atoms with Gasteiger partial charge in [0.2, 0.25) is 0 Å². The first-order valence-corrected chi connectivity index (χ1v) is 10.0. The number of carbonyl (C=O) groups excluding carboxylic acids is 1. The number of methoxy groups -OCH3 is 1. The van der Waals surface area contributed by atoms with Gasteiger partial charge < -0.3 is 9.47 Å². The highest BCUT2D eigenvalue weighted by Gasteiger charge is 2.17. The summed E-state index contributed by atoms with van der Waals surface area (Å²) in [4.78, 5) is 12.6. The summed E-state index contributed by atoms with van der Waals surface area (Å²) < 4.78 is 10.9. The van der Waals surface area contributed by atoms with Crippen LogP contribution in [-0.2, 0) is 4.74 Å². The lowest BCUT2D eigenvalue weighted by Gasteiger charge is -2.12. The summed E-state index contributed by atoms with van der Waals surface area (Å²) in [6.45, 7) is 2.72. The lowest BCUT2D eigenvalue weighted by Crippen LogP contribution is -2.09. The SMILES string of the molecule is CCCCCCCCCCCOC(=O)c1c(OC)ccc2ccccc12. The minimum Gasteiger partial charge on any atom is -0.496 e. The largest absolute Gasteiger partial charge is 0.496 e. The zero-order chi connectivity index (χ0) is 18.6. The Kier molecular flexibility index (Phi) is 9.02. The van der Waals surface area contributed by atoms with Crippen molar-refractivity contribution in [2.45, 2.75) is 64.7 Å². The molecule has 26 heavy (non-hydrogen) atoms. The second kappa shape index (κ2) is 11.6. The molecule has 0 aliphatic carbocycles. The van der Waals surface area contributed by atoms with Gasteiger partial charge in [0, 0.05) is 0 Å². The van der Waals surface area contributed by atoms with Crippen molar-refractivity contribution in [3.8, 4) is 5.75 Å². The summed E-state index contributed by atoms with van der Waals surface area (Å²) in [6, 6.07) is 11.6. The Morgan fingerprint density at radius 1 is 0.846 bits per heavy atom. The molecule has 0 fully saturated rings. The van der Waals surface area contributed by atoms with Crippen LogP contribution in [0.1, 0.15) is 75.1 Å². The average Bonchev–Trinajstić information content (AvgIpc) is 2.68. The molecule has 3 nitrogen and oxygen atoms in total. The molecule has 0 radical (unpaired) electrons. The third-order valence-electron chi connectivity index (χ3n) is 4.80. The number of unbranched alkanes of at least 4 members (excludes halogenated alkanes) is 8. The molecular weight excluding hydrogens is 324 g/mol. The molecule has 2 aromatic carbocycles. The first-order chi connectivity index (χ1) is 12.8. The normalized spacial score (nSPS) is 10.8. The van der Waals surface area contributed by atoms with Gasteiger partial charge in [-0.1, -0.05) is 88.6 Å². The summed E-state index contributed by atoms with van der Waals surface area (Å²) in [5.41, 5.74) is 0.529. The van der Waals surface area contributed by atoms with Gasteiger partial charge in [-0.3, -0.25) is 0 Å². The van der Waals surface area contributed by atoms with Gasteiger partial charge in [0.05, 0.1) is 13.7 Å². The fourth-order valence-corrected chi connectivity index (χ4v) is 3.28. The van der Waals surface area contributed by atoms with Crippen LogP contribution in [-0.4, -0.2) is 19.7 Å². The Morgan fingerprint density at radius 3 is 2.19 bits per heavy atom. The molecule has 0 aromatic heterocycles. The lowest BCUT2D eigenvalue weighted by molar-refractivity contribution is 0.0496. The predicted octanol–water partition coefficient (Wildman–Crippen LogP) is 6.54. The van der Waals surface area contributed by atoms with Gasteiger partial charge in [0.1, 0.15) is 11.3 Å². The standard InChI is InChI=1S/C23H32O3/c1-3-4-5-6-7-8-9-10-13-18-26-23(24)22-20-15-12-11-14-19(20)16-17-21(22)25-2/h11-12,14-17H,3-10,13,18H2,1-2H3. The molecule has 2 aromatic rings. The fourth-order valence-electron chi connectivity index (χ4n) is 3.28. The molecule has 2 rings (SSSR count). The maximum atomic E-state index is 12.6. The summed E-state index contributed by atoms with van der Waals surface area (Å²) in [7, 11) is 1.58.